The van der Waals surface area contributed by atoms with Gasteiger partial charge in [0.25, 0.3) is 5.56 Å². The van der Waals surface area contributed by atoms with E-state index in [1.807, 2.05) is 13.0 Å². The Morgan fingerprint density at radius 3 is 2.68 bits per heavy atom. The molecule has 6 heteroatoms. The van der Waals surface area contributed by atoms with Crippen LogP contribution >= 0.6 is 22.9 Å². The van der Waals surface area contributed by atoms with Crippen LogP contribution in [0.3, 0.4) is 0 Å². The number of nitrogens with one attached hydrogen (secondary N) is 1. The molecule has 0 atom stereocenters. The van der Waals surface area contributed by atoms with Crippen LogP contribution in [-0.4, -0.2) is 9.55 Å². The van der Waals surface area contributed by atoms with Crippen LogP contribution < -0.4 is 11.2 Å². The molecule has 0 aliphatic heterocycles. The number of hydrogen-bond acceptors (Lipinski definition) is 3. The zero-order valence-corrected chi connectivity index (χ0v) is 11.5. The predicted molar refractivity (Wildman–Crippen MR) is 77.8 cm³/mol. The lowest BCUT2D eigenvalue weighted by Gasteiger charge is -2.05. The van der Waals surface area contributed by atoms with E-state index in [-0.39, 0.29) is 5.56 Å². The molecule has 0 unspecified atom stereocenters. The Kier molecular flexibility index (Phi) is 2.80. The minimum atomic E-state index is -0.457. The first kappa shape index (κ1) is 12.2. The van der Waals surface area contributed by atoms with Crippen LogP contribution in [0.1, 0.15) is 5.56 Å². The van der Waals surface area contributed by atoms with Crippen LogP contribution in [0.5, 0.6) is 0 Å². The third-order valence-electron chi connectivity index (χ3n) is 2.91. The Morgan fingerprint density at radius 2 is 2.00 bits per heavy atom. The summed E-state index contributed by atoms with van der Waals surface area (Å²) in [5.74, 6) is 0. The van der Waals surface area contributed by atoms with Gasteiger partial charge in [-0.05, 0) is 30.7 Å². The van der Waals surface area contributed by atoms with Crippen LogP contribution in [0.25, 0.3) is 15.9 Å². The third kappa shape index (κ3) is 1.91. The number of fused-ring (bicyclic) bond motifs is 1. The van der Waals surface area contributed by atoms with Crippen molar-refractivity contribution < 1.29 is 0 Å². The number of thiophene rings is 1. The average Bonchev–Trinajstić information content (AvgIpc) is 2.75. The molecular formula is C13H9ClN2O2S. The molecule has 0 bridgehead atoms. The molecule has 1 N–H and O–H groups in total. The number of H-pyrrole nitrogens is 1. The van der Waals surface area contributed by atoms with Gasteiger partial charge in [0.2, 0.25) is 0 Å². The van der Waals surface area contributed by atoms with Crippen LogP contribution in [0.15, 0.2) is 39.9 Å². The molecule has 0 aliphatic rings. The molecule has 0 saturated heterocycles. The second-order valence-electron chi connectivity index (χ2n) is 4.15. The Hall–Kier alpha value is -1.85. The van der Waals surface area contributed by atoms with E-state index in [0.717, 1.165) is 10.1 Å². The van der Waals surface area contributed by atoms with E-state index < -0.39 is 5.69 Å². The zero-order chi connectivity index (χ0) is 13.6. The van der Waals surface area contributed by atoms with Gasteiger partial charge in [0.1, 0.15) is 5.00 Å². The average molecular weight is 293 g/mol. The van der Waals surface area contributed by atoms with E-state index in [1.54, 1.807) is 24.3 Å². The highest BCUT2D eigenvalue weighted by atomic mass is 35.5. The second-order valence-corrected chi connectivity index (χ2v) is 5.84. The van der Waals surface area contributed by atoms with Crippen molar-refractivity contribution in [1.82, 2.24) is 9.55 Å². The van der Waals surface area contributed by atoms with Crippen LogP contribution in [0.2, 0.25) is 4.34 Å². The van der Waals surface area contributed by atoms with Crippen LogP contribution in [0, 0.1) is 6.92 Å². The van der Waals surface area contributed by atoms with Crippen molar-refractivity contribution in [1.29, 1.82) is 0 Å². The van der Waals surface area contributed by atoms with E-state index in [1.165, 1.54) is 11.3 Å². The van der Waals surface area contributed by atoms with E-state index in [2.05, 4.69) is 4.98 Å². The Labute approximate surface area is 116 Å². The largest absolute Gasteiger partial charge is 0.334 e. The minimum Gasteiger partial charge on any atom is -0.306 e. The first-order valence-electron chi connectivity index (χ1n) is 5.58. The fraction of sp³-hybridized carbons (Fsp3) is 0.0769. The van der Waals surface area contributed by atoms with Crippen LogP contribution in [-0.2, 0) is 0 Å². The molecular weight excluding hydrogens is 284 g/mol. The fourth-order valence-electron chi connectivity index (χ4n) is 2.06. The first-order valence-corrected chi connectivity index (χ1v) is 6.78. The van der Waals surface area contributed by atoms with Gasteiger partial charge in [-0.15, -0.1) is 11.3 Å². The first-order chi connectivity index (χ1) is 9.08. The van der Waals surface area contributed by atoms with Gasteiger partial charge in [-0.1, -0.05) is 23.7 Å². The second kappa shape index (κ2) is 4.36. The molecule has 0 spiro atoms. The number of benzene rings is 1. The Balaban J connectivity index is 2.47. The molecule has 0 fully saturated rings. The summed E-state index contributed by atoms with van der Waals surface area (Å²) in [6.07, 6.45) is 0. The molecule has 2 heterocycles. The van der Waals surface area contributed by atoms with Crippen molar-refractivity contribution in [2.45, 2.75) is 6.92 Å². The number of aryl methyl sites for hydroxylation is 1. The lowest BCUT2D eigenvalue weighted by molar-refractivity contribution is 0.916. The number of aromatic amines is 1. The maximum absolute atomic E-state index is 12.5. The smallest absolute Gasteiger partial charge is 0.306 e. The van der Waals surface area contributed by atoms with E-state index >= 15 is 0 Å². The minimum absolute atomic E-state index is 0.324. The Morgan fingerprint density at radius 1 is 1.21 bits per heavy atom. The maximum Gasteiger partial charge on any atom is 0.334 e. The van der Waals surface area contributed by atoms with Crippen molar-refractivity contribution in [3.63, 3.8) is 0 Å². The molecule has 0 aliphatic carbocycles. The predicted octanol–water partition coefficient (Wildman–Crippen LogP) is 2.70. The van der Waals surface area contributed by atoms with Gasteiger partial charge >= 0.3 is 5.69 Å². The summed E-state index contributed by atoms with van der Waals surface area (Å²) in [5, 5.41) is 1.04. The summed E-state index contributed by atoms with van der Waals surface area (Å²) in [6.45, 7) is 1.84. The summed E-state index contributed by atoms with van der Waals surface area (Å²) >= 11 is 7.05. The molecule has 96 valence electrons. The number of halogens is 1. The van der Waals surface area contributed by atoms with Crippen molar-refractivity contribution in [3.05, 3.63) is 61.1 Å². The highest BCUT2D eigenvalue weighted by Crippen LogP contribution is 2.23. The van der Waals surface area contributed by atoms with Crippen molar-refractivity contribution in [2.24, 2.45) is 0 Å². The van der Waals surface area contributed by atoms with Gasteiger partial charge in [-0.2, -0.15) is 0 Å². The van der Waals surface area contributed by atoms with Crippen molar-refractivity contribution >= 4 is 33.8 Å². The third-order valence-corrected chi connectivity index (χ3v) is 4.13. The summed E-state index contributed by atoms with van der Waals surface area (Å²) in [7, 11) is 0. The quantitative estimate of drug-likeness (QED) is 0.750. The van der Waals surface area contributed by atoms with Gasteiger partial charge in [0.15, 0.2) is 0 Å². The Bertz CT molecular complexity index is 892. The number of aromatic nitrogens is 2. The molecule has 3 rings (SSSR count). The molecule has 0 radical (unpaired) electrons. The topological polar surface area (TPSA) is 54.9 Å². The number of rotatable bonds is 1. The van der Waals surface area contributed by atoms with Crippen LogP contribution in [0.4, 0.5) is 0 Å². The molecule has 0 saturated carbocycles. The normalized spacial score (nSPS) is 11.1. The highest BCUT2D eigenvalue weighted by molar-refractivity contribution is 7.18. The highest BCUT2D eigenvalue weighted by Gasteiger charge is 2.12. The van der Waals surface area contributed by atoms with Gasteiger partial charge in [0, 0.05) is 0 Å². The summed E-state index contributed by atoms with van der Waals surface area (Å²) in [6, 6.07) is 8.69. The molecule has 3 aromatic rings. The molecule has 1 aromatic carbocycles. The molecule has 4 nitrogen and oxygen atoms in total. The molecule has 19 heavy (non-hydrogen) atoms. The van der Waals surface area contributed by atoms with Crippen molar-refractivity contribution in [3.8, 4) is 5.00 Å². The monoisotopic (exact) mass is 292 g/mol. The molecule has 0 amide bonds. The number of nitrogens with zero attached hydrogens (tertiary/aromatic N) is 1. The van der Waals surface area contributed by atoms with Gasteiger partial charge < -0.3 is 4.98 Å². The van der Waals surface area contributed by atoms with Crippen molar-refractivity contribution in [2.75, 3.05) is 0 Å². The summed E-state index contributed by atoms with van der Waals surface area (Å²) in [5.41, 5.74) is 0.598. The fourth-order valence-corrected chi connectivity index (χ4v) is 3.09. The molecule has 2 aromatic heterocycles. The standard InChI is InChI=1S/C13H9ClN2O2S/c1-7-3-2-4-8-11(7)12(17)16(13(18)15-8)10-6-5-9(14)19-10/h2-6H,1H3,(H,15,18). The SMILES string of the molecule is Cc1cccc2[nH]c(=O)n(-c3ccc(Cl)s3)c(=O)c12. The van der Waals surface area contributed by atoms with Gasteiger partial charge in [-0.25, -0.2) is 9.36 Å². The number of hydrogen-bond donors (Lipinski definition) is 1. The van der Waals surface area contributed by atoms with Gasteiger partial charge in [-0.3, -0.25) is 4.79 Å². The van der Waals surface area contributed by atoms with Gasteiger partial charge in [0.05, 0.1) is 15.2 Å². The van der Waals surface area contributed by atoms with E-state index in [0.29, 0.717) is 20.2 Å². The lowest BCUT2D eigenvalue weighted by atomic mass is 10.1. The lowest BCUT2D eigenvalue weighted by Crippen LogP contribution is -2.33. The summed E-state index contributed by atoms with van der Waals surface area (Å²) < 4.78 is 1.65. The zero-order valence-electron chi connectivity index (χ0n) is 9.94. The maximum atomic E-state index is 12.5. The van der Waals surface area contributed by atoms with E-state index in [9.17, 15) is 9.59 Å². The summed E-state index contributed by atoms with van der Waals surface area (Å²) in [4.78, 5) is 27.3. The van der Waals surface area contributed by atoms with E-state index in [4.69, 9.17) is 11.6 Å².